The molecule has 0 unspecified atom stereocenters. The molecule has 47 heavy (non-hydrogen) atoms. The molecule has 0 radical (unpaired) electrons. The summed E-state index contributed by atoms with van der Waals surface area (Å²) in [5.41, 5.74) is 10.0. The quantitative estimate of drug-likeness (QED) is 0.103. The lowest BCUT2D eigenvalue weighted by atomic mass is 10.0. The predicted octanol–water partition coefficient (Wildman–Crippen LogP) is 12.3. The van der Waals surface area contributed by atoms with E-state index in [1.165, 1.54) is 89.9 Å². The minimum atomic E-state index is 0.915. The maximum absolute atomic E-state index is 4.90. The Hall–Kier alpha value is -3.77. The Labute approximate surface area is 288 Å². The third-order valence-electron chi connectivity index (χ3n) is 9.15. The van der Waals surface area contributed by atoms with Crippen LogP contribution in [0.4, 0.5) is 0 Å². The Balaban J connectivity index is 1.14. The first-order valence-electron chi connectivity index (χ1n) is 17.9. The monoisotopic (exact) mass is 689 g/mol. The summed E-state index contributed by atoms with van der Waals surface area (Å²) < 4.78 is 3.30. The fraction of sp³-hybridized carbons (Fsp3) is 0.390. The number of aromatic nitrogens is 5. The van der Waals surface area contributed by atoms with Crippen LogP contribution in [0.1, 0.15) is 125 Å². The van der Waals surface area contributed by atoms with E-state index >= 15 is 0 Å². The van der Waals surface area contributed by atoms with Crippen molar-refractivity contribution in [2.75, 3.05) is 0 Å². The summed E-state index contributed by atoms with van der Waals surface area (Å²) in [5, 5.41) is 0. The van der Waals surface area contributed by atoms with Crippen molar-refractivity contribution in [3.8, 4) is 5.69 Å². The molecule has 6 heteroatoms. The lowest BCUT2D eigenvalue weighted by Gasteiger charge is -2.09. The van der Waals surface area contributed by atoms with Gasteiger partial charge in [0.2, 0.25) is 0 Å². The Morgan fingerprint density at radius 3 is 1.72 bits per heavy atom. The topological polar surface area (TPSA) is 59.4 Å². The van der Waals surface area contributed by atoms with Crippen LogP contribution in [0.2, 0.25) is 0 Å². The fourth-order valence-corrected chi connectivity index (χ4v) is 7.13. The molecule has 2 aliphatic rings. The maximum atomic E-state index is 4.90. The van der Waals surface area contributed by atoms with Gasteiger partial charge in [-0.05, 0) is 108 Å². The summed E-state index contributed by atoms with van der Waals surface area (Å²) in [6, 6.07) is 19.1. The van der Waals surface area contributed by atoms with Crippen molar-refractivity contribution in [1.29, 1.82) is 0 Å². The van der Waals surface area contributed by atoms with Crippen LogP contribution in [0.3, 0.4) is 0 Å². The first-order chi connectivity index (χ1) is 23.1. The summed E-state index contributed by atoms with van der Waals surface area (Å²) in [5.74, 6) is 0. The van der Waals surface area contributed by atoms with Crippen LogP contribution in [-0.4, -0.2) is 24.5 Å². The van der Waals surface area contributed by atoms with Crippen LogP contribution in [0.25, 0.3) is 52.1 Å². The minimum absolute atomic E-state index is 0.915. The average Bonchev–Trinajstić information content (AvgIpc) is 3.87. The molecule has 5 nitrogen and oxygen atoms in total. The van der Waals surface area contributed by atoms with Crippen molar-refractivity contribution < 1.29 is 0 Å². The highest BCUT2D eigenvalue weighted by Gasteiger charge is 2.11. The van der Waals surface area contributed by atoms with Gasteiger partial charge in [-0.15, -0.1) is 0 Å². The molecule has 4 aromatic heterocycles. The highest BCUT2D eigenvalue weighted by molar-refractivity contribution is 9.10. The third kappa shape index (κ3) is 9.41. The van der Waals surface area contributed by atoms with Gasteiger partial charge in [-0.1, -0.05) is 90.4 Å². The van der Waals surface area contributed by atoms with Gasteiger partial charge in [0.05, 0.1) is 28.3 Å². The largest absolute Gasteiger partial charge is 0.355 e. The number of halogens is 1. The normalized spacial score (nSPS) is 12.3. The zero-order valence-corrected chi connectivity index (χ0v) is 29.4. The second kappa shape index (κ2) is 16.9. The van der Waals surface area contributed by atoms with Crippen LogP contribution < -0.4 is 0 Å². The average molecular weight is 691 g/mol. The summed E-state index contributed by atoms with van der Waals surface area (Å²) >= 11 is 3.87. The number of nitrogens with zero attached hydrogens (tertiary/aromatic N) is 4. The maximum Gasteiger partial charge on any atom is 0.0658 e. The van der Waals surface area contributed by atoms with E-state index < -0.39 is 0 Å². The van der Waals surface area contributed by atoms with Gasteiger partial charge in [-0.3, -0.25) is 4.98 Å². The number of aryl methyl sites for hydroxylation is 1. The van der Waals surface area contributed by atoms with E-state index in [1.807, 2.05) is 6.20 Å². The Bertz CT molecular complexity index is 1860. The molecule has 0 spiro atoms. The van der Waals surface area contributed by atoms with E-state index in [0.29, 0.717) is 0 Å². The number of fused-ring (bicyclic) bond motifs is 8. The van der Waals surface area contributed by atoms with Crippen LogP contribution in [-0.2, 0) is 6.42 Å². The number of unbranched alkanes of at least 4 members (excludes halogenated alkanes) is 13. The van der Waals surface area contributed by atoms with E-state index in [2.05, 4.69) is 111 Å². The van der Waals surface area contributed by atoms with Gasteiger partial charge in [-0.2, -0.15) is 0 Å². The van der Waals surface area contributed by atoms with E-state index in [4.69, 9.17) is 15.0 Å². The van der Waals surface area contributed by atoms with E-state index in [1.54, 1.807) is 0 Å². The van der Waals surface area contributed by atoms with Gasteiger partial charge < -0.3 is 9.55 Å². The molecule has 1 N–H and O–H groups in total. The number of hydrogen-bond acceptors (Lipinski definition) is 3. The molecule has 4 aromatic rings. The van der Waals surface area contributed by atoms with Crippen LogP contribution in [0.15, 0.2) is 65.3 Å². The van der Waals surface area contributed by atoms with Gasteiger partial charge in [0.25, 0.3) is 0 Å². The molecule has 2 aliphatic heterocycles. The molecule has 0 fully saturated rings. The Morgan fingerprint density at radius 1 is 0.596 bits per heavy atom. The molecule has 0 saturated heterocycles. The smallest absolute Gasteiger partial charge is 0.0658 e. The molecule has 6 heterocycles. The highest BCUT2D eigenvalue weighted by Crippen LogP contribution is 2.30. The molecule has 0 saturated carbocycles. The predicted molar refractivity (Wildman–Crippen MR) is 203 cm³/mol. The highest BCUT2D eigenvalue weighted by atomic mass is 79.9. The number of nitrogens with one attached hydrogen (secondary N) is 1. The molecular weight excluding hydrogens is 642 g/mol. The van der Waals surface area contributed by atoms with Gasteiger partial charge >= 0.3 is 0 Å². The summed E-state index contributed by atoms with van der Waals surface area (Å²) in [6.45, 7) is 2.29. The second-order valence-corrected chi connectivity index (χ2v) is 13.9. The molecule has 0 amide bonds. The van der Waals surface area contributed by atoms with Crippen LogP contribution in [0, 0.1) is 0 Å². The van der Waals surface area contributed by atoms with Gasteiger partial charge in [0.1, 0.15) is 0 Å². The molecule has 8 bridgehead atoms. The number of rotatable bonds is 16. The SMILES string of the molecule is CCCCCCCCCCCCCCCCc1cc(-n2c3cc4nc(cc5ccc(cc6nc(cc2c(Br)c3)C=C6)[nH]5)C=C4)ccn1. The minimum Gasteiger partial charge on any atom is -0.355 e. The lowest BCUT2D eigenvalue weighted by Crippen LogP contribution is -1.98. The van der Waals surface area contributed by atoms with Gasteiger partial charge in [-0.25, -0.2) is 9.97 Å². The number of aromatic amines is 1. The first kappa shape index (κ1) is 33.1. The Morgan fingerprint density at radius 2 is 1.13 bits per heavy atom. The standard InChI is InChI=1S/C41H48BrN5/c1-2-3-4-5-6-7-8-9-10-11-12-13-14-15-16-31-27-38(23-24-43-31)47-39-28-36-21-19-34(45-36)25-32-17-18-33(44-32)26-35-20-22-37(46-35)29-41(47)40(42)30-39/h17-30,44H,2-16H2,1H3. The Kier molecular flexibility index (Phi) is 11.9. The van der Waals surface area contributed by atoms with Crippen molar-refractivity contribution >= 4 is 62.3 Å². The van der Waals surface area contributed by atoms with E-state index in [0.717, 1.165) is 67.1 Å². The van der Waals surface area contributed by atoms with Crippen molar-refractivity contribution in [2.45, 2.75) is 103 Å². The van der Waals surface area contributed by atoms with Crippen molar-refractivity contribution in [2.24, 2.45) is 0 Å². The number of H-pyrrole nitrogens is 1. The number of pyridine rings is 1. The molecule has 6 rings (SSSR count). The second-order valence-electron chi connectivity index (χ2n) is 13.0. The lowest BCUT2D eigenvalue weighted by molar-refractivity contribution is 0.535. The molecule has 244 valence electrons. The summed E-state index contributed by atoms with van der Waals surface area (Å²) in [6.07, 6.45) is 30.4. The summed E-state index contributed by atoms with van der Waals surface area (Å²) in [7, 11) is 0. The van der Waals surface area contributed by atoms with Crippen molar-refractivity contribution in [3.63, 3.8) is 0 Å². The van der Waals surface area contributed by atoms with Crippen molar-refractivity contribution in [1.82, 2.24) is 24.5 Å². The van der Waals surface area contributed by atoms with E-state index in [-0.39, 0.29) is 0 Å². The van der Waals surface area contributed by atoms with Gasteiger partial charge in [0, 0.05) is 38.6 Å². The van der Waals surface area contributed by atoms with Gasteiger partial charge in [0.15, 0.2) is 0 Å². The first-order valence-corrected chi connectivity index (χ1v) is 18.7. The van der Waals surface area contributed by atoms with Crippen LogP contribution >= 0.6 is 15.9 Å². The summed E-state index contributed by atoms with van der Waals surface area (Å²) in [4.78, 5) is 18.0. The van der Waals surface area contributed by atoms with E-state index in [9.17, 15) is 0 Å². The zero-order chi connectivity index (χ0) is 32.3. The number of hydrogen-bond donors (Lipinski definition) is 1. The third-order valence-corrected chi connectivity index (χ3v) is 9.78. The van der Waals surface area contributed by atoms with Crippen LogP contribution in [0.5, 0.6) is 0 Å². The molecular formula is C41H48BrN5. The molecule has 0 aromatic carbocycles. The molecule has 0 atom stereocenters. The molecule has 0 aliphatic carbocycles. The zero-order valence-electron chi connectivity index (χ0n) is 27.9. The van der Waals surface area contributed by atoms with Crippen molar-refractivity contribution in [3.05, 3.63) is 93.7 Å². The fourth-order valence-electron chi connectivity index (χ4n) is 6.60.